The molecule has 0 saturated carbocycles. The Kier molecular flexibility index (Phi) is 6.21. The van der Waals surface area contributed by atoms with E-state index in [-0.39, 0.29) is 30.1 Å². The summed E-state index contributed by atoms with van der Waals surface area (Å²) in [7, 11) is 1.58. The predicted molar refractivity (Wildman–Crippen MR) is 118 cm³/mol. The number of anilines is 2. The summed E-state index contributed by atoms with van der Waals surface area (Å²) < 4.78 is 5.24. The predicted octanol–water partition coefficient (Wildman–Crippen LogP) is 2.93. The van der Waals surface area contributed by atoms with Crippen LogP contribution in [0.1, 0.15) is 19.3 Å². The van der Waals surface area contributed by atoms with Gasteiger partial charge in [-0.25, -0.2) is 0 Å². The Morgan fingerprint density at radius 3 is 2.61 bits per heavy atom. The summed E-state index contributed by atoms with van der Waals surface area (Å²) in [5.41, 5.74) is 1.49. The van der Waals surface area contributed by atoms with E-state index >= 15 is 0 Å². The van der Waals surface area contributed by atoms with Crippen molar-refractivity contribution in [1.82, 2.24) is 4.90 Å². The molecule has 31 heavy (non-hydrogen) atoms. The van der Waals surface area contributed by atoms with Crippen LogP contribution in [0.4, 0.5) is 11.4 Å². The van der Waals surface area contributed by atoms with Gasteiger partial charge in [0.2, 0.25) is 17.7 Å². The van der Waals surface area contributed by atoms with Crippen LogP contribution in [-0.2, 0) is 14.4 Å². The summed E-state index contributed by atoms with van der Waals surface area (Å²) in [5, 5.41) is 2.94. The van der Waals surface area contributed by atoms with Gasteiger partial charge in [-0.05, 0) is 37.1 Å². The van der Waals surface area contributed by atoms with Gasteiger partial charge in [-0.2, -0.15) is 0 Å². The Bertz CT molecular complexity index is 962. The lowest BCUT2D eigenvalue weighted by molar-refractivity contribution is -0.138. The average molecular weight is 421 g/mol. The molecule has 2 aromatic rings. The van der Waals surface area contributed by atoms with E-state index in [2.05, 4.69) is 5.32 Å². The van der Waals surface area contributed by atoms with Crippen LogP contribution in [0.5, 0.6) is 5.75 Å². The molecule has 1 N–H and O–H groups in total. The molecule has 2 unspecified atom stereocenters. The van der Waals surface area contributed by atoms with Gasteiger partial charge < -0.3 is 19.9 Å². The quantitative estimate of drug-likeness (QED) is 0.805. The van der Waals surface area contributed by atoms with Crippen LogP contribution in [0.25, 0.3) is 0 Å². The minimum atomic E-state index is -0.394. The van der Waals surface area contributed by atoms with Gasteiger partial charge in [0.1, 0.15) is 5.75 Å². The molecule has 0 bridgehead atoms. The molecule has 0 aliphatic carbocycles. The number of amides is 3. The smallest absolute Gasteiger partial charge is 0.229 e. The molecule has 162 valence electrons. The highest BCUT2D eigenvalue weighted by Crippen LogP contribution is 2.30. The molecular weight excluding hydrogens is 394 g/mol. The van der Waals surface area contributed by atoms with Gasteiger partial charge in [0.15, 0.2) is 0 Å². The van der Waals surface area contributed by atoms with Crippen molar-refractivity contribution in [1.29, 1.82) is 0 Å². The summed E-state index contributed by atoms with van der Waals surface area (Å²) in [6.45, 7) is 1.36. The fourth-order valence-electron chi connectivity index (χ4n) is 4.32. The molecule has 7 nitrogen and oxygen atoms in total. The molecule has 2 aromatic carbocycles. The number of rotatable bonds is 5. The number of ether oxygens (including phenoxy) is 1. The Labute approximate surface area is 182 Å². The van der Waals surface area contributed by atoms with Crippen molar-refractivity contribution < 1.29 is 19.1 Å². The third-order valence-electron chi connectivity index (χ3n) is 5.98. The molecule has 4 rings (SSSR count). The molecule has 2 aliphatic rings. The Morgan fingerprint density at radius 2 is 1.84 bits per heavy atom. The van der Waals surface area contributed by atoms with Gasteiger partial charge in [-0.1, -0.05) is 24.3 Å². The summed E-state index contributed by atoms with van der Waals surface area (Å²) >= 11 is 0. The largest absolute Gasteiger partial charge is 0.497 e. The first kappa shape index (κ1) is 20.9. The molecule has 2 fully saturated rings. The van der Waals surface area contributed by atoms with E-state index in [1.54, 1.807) is 23.0 Å². The van der Waals surface area contributed by atoms with Crippen molar-refractivity contribution in [3.63, 3.8) is 0 Å². The minimum Gasteiger partial charge on any atom is -0.497 e. The van der Waals surface area contributed by atoms with Crippen molar-refractivity contribution in [3.8, 4) is 5.75 Å². The zero-order valence-electron chi connectivity index (χ0n) is 17.6. The van der Waals surface area contributed by atoms with Gasteiger partial charge in [0.05, 0.1) is 18.9 Å². The van der Waals surface area contributed by atoms with Crippen molar-refractivity contribution in [2.45, 2.75) is 19.3 Å². The normalized spacial score (nSPS) is 21.1. The lowest BCUT2D eigenvalue weighted by Gasteiger charge is -2.33. The lowest BCUT2D eigenvalue weighted by Crippen LogP contribution is -2.46. The zero-order chi connectivity index (χ0) is 21.8. The number of carbonyl (C=O) groups is 3. The van der Waals surface area contributed by atoms with Crippen molar-refractivity contribution in [3.05, 3.63) is 54.6 Å². The van der Waals surface area contributed by atoms with Crippen molar-refractivity contribution in [2.24, 2.45) is 11.8 Å². The second-order valence-corrected chi connectivity index (χ2v) is 8.09. The SMILES string of the molecule is COc1cccc(N2CC(C(=O)N3CCCC(C(=O)Nc4ccccc4)C3)CC2=O)c1. The standard InChI is InChI=1S/C24H27N3O4/c1-31-21-11-5-10-20(14-21)27-16-18(13-22(27)28)24(30)26-12-6-7-17(15-26)23(29)25-19-8-3-2-4-9-19/h2-5,8-11,14,17-18H,6-7,12-13,15-16H2,1H3,(H,25,29). The zero-order valence-corrected chi connectivity index (χ0v) is 17.6. The number of carbonyl (C=O) groups excluding carboxylic acids is 3. The van der Waals surface area contributed by atoms with Gasteiger partial charge in [0, 0.05) is 43.5 Å². The first-order chi connectivity index (χ1) is 15.0. The highest BCUT2D eigenvalue weighted by Gasteiger charge is 2.39. The Hall–Kier alpha value is -3.35. The number of nitrogens with zero attached hydrogens (tertiary/aromatic N) is 2. The molecule has 2 aliphatic heterocycles. The number of piperidine rings is 1. The summed E-state index contributed by atoms with van der Waals surface area (Å²) in [5.74, 6) is -0.148. The molecule has 2 atom stereocenters. The summed E-state index contributed by atoms with van der Waals surface area (Å²) in [4.78, 5) is 41.8. The van der Waals surface area contributed by atoms with Crippen molar-refractivity contribution >= 4 is 29.1 Å². The topological polar surface area (TPSA) is 79.0 Å². The molecule has 0 aromatic heterocycles. The van der Waals surface area contributed by atoms with Crippen LogP contribution < -0.4 is 15.0 Å². The highest BCUT2D eigenvalue weighted by atomic mass is 16.5. The van der Waals surface area contributed by atoms with E-state index < -0.39 is 5.92 Å². The highest BCUT2D eigenvalue weighted by molar-refractivity contribution is 6.00. The monoisotopic (exact) mass is 421 g/mol. The fraction of sp³-hybridized carbons (Fsp3) is 0.375. The van der Waals surface area contributed by atoms with Gasteiger partial charge in [0.25, 0.3) is 0 Å². The number of nitrogens with one attached hydrogen (secondary N) is 1. The van der Waals surface area contributed by atoms with Crippen LogP contribution >= 0.6 is 0 Å². The van der Waals surface area contributed by atoms with E-state index in [1.807, 2.05) is 48.5 Å². The van der Waals surface area contributed by atoms with E-state index in [9.17, 15) is 14.4 Å². The number of hydrogen-bond donors (Lipinski definition) is 1. The van der Waals surface area contributed by atoms with E-state index in [0.717, 1.165) is 24.2 Å². The van der Waals surface area contributed by atoms with Crippen LogP contribution in [0.3, 0.4) is 0 Å². The van der Waals surface area contributed by atoms with Crippen LogP contribution in [0, 0.1) is 11.8 Å². The van der Waals surface area contributed by atoms with Crippen LogP contribution in [-0.4, -0.2) is 49.4 Å². The summed E-state index contributed by atoms with van der Waals surface area (Å²) in [6, 6.07) is 16.6. The van der Waals surface area contributed by atoms with E-state index in [1.165, 1.54) is 0 Å². The van der Waals surface area contributed by atoms with Crippen LogP contribution in [0.15, 0.2) is 54.6 Å². The van der Waals surface area contributed by atoms with Crippen molar-refractivity contribution in [2.75, 3.05) is 37.0 Å². The average Bonchev–Trinajstić information content (AvgIpc) is 3.21. The van der Waals surface area contributed by atoms with Crippen LogP contribution in [0.2, 0.25) is 0 Å². The maximum absolute atomic E-state index is 13.2. The molecule has 2 heterocycles. The molecule has 0 radical (unpaired) electrons. The Balaban J connectivity index is 1.38. The molecule has 0 spiro atoms. The first-order valence-electron chi connectivity index (χ1n) is 10.6. The van der Waals surface area contributed by atoms with Gasteiger partial charge >= 0.3 is 0 Å². The second-order valence-electron chi connectivity index (χ2n) is 8.09. The number of likely N-dealkylation sites (tertiary alicyclic amines) is 1. The Morgan fingerprint density at radius 1 is 1.03 bits per heavy atom. The number of benzene rings is 2. The second kappa shape index (κ2) is 9.20. The molecule has 2 saturated heterocycles. The van der Waals surface area contributed by atoms with E-state index in [0.29, 0.717) is 25.4 Å². The maximum atomic E-state index is 13.2. The lowest BCUT2D eigenvalue weighted by atomic mass is 9.95. The summed E-state index contributed by atoms with van der Waals surface area (Å²) in [6.07, 6.45) is 1.72. The van der Waals surface area contributed by atoms with E-state index in [4.69, 9.17) is 4.74 Å². The number of hydrogen-bond acceptors (Lipinski definition) is 4. The third-order valence-corrected chi connectivity index (χ3v) is 5.98. The number of methoxy groups -OCH3 is 1. The molecule has 3 amide bonds. The third kappa shape index (κ3) is 4.71. The minimum absolute atomic E-state index is 0.0454. The molecular formula is C24H27N3O4. The molecule has 7 heteroatoms. The van der Waals surface area contributed by atoms with Gasteiger partial charge in [-0.15, -0.1) is 0 Å². The first-order valence-corrected chi connectivity index (χ1v) is 10.6. The fourth-order valence-corrected chi connectivity index (χ4v) is 4.32. The maximum Gasteiger partial charge on any atom is 0.229 e. The van der Waals surface area contributed by atoms with Gasteiger partial charge in [-0.3, -0.25) is 14.4 Å². The number of para-hydroxylation sites is 1.